The second kappa shape index (κ2) is 13.2. The molecule has 0 radical (unpaired) electrons. The molecule has 0 fully saturated rings. The molecule has 1 aromatic rings. The molecule has 0 aliphatic heterocycles. The molecule has 0 saturated carbocycles. The number of nitrogens with zero attached hydrogens (tertiary/aromatic N) is 1. The molecule has 1 rings (SSSR count). The van der Waals surface area contributed by atoms with Gasteiger partial charge in [0.05, 0.1) is 19.3 Å². The van der Waals surface area contributed by atoms with Crippen LogP contribution < -0.4 is 0 Å². The largest absolute Gasteiger partial charge is 0.294 e. The lowest BCUT2D eigenvalue weighted by atomic mass is 10.1. The molecule has 1 atom stereocenters. The predicted molar refractivity (Wildman–Crippen MR) is 108 cm³/mol. The predicted octanol–water partition coefficient (Wildman–Crippen LogP) is 7.09. The van der Waals surface area contributed by atoms with Gasteiger partial charge in [-0.3, -0.25) is 4.48 Å². The Labute approximate surface area is 151 Å². The fraction of sp³-hybridized carbons (Fsp3) is 0.652. The third-order valence-corrected chi connectivity index (χ3v) is 5.31. The van der Waals surface area contributed by atoms with Crippen LogP contribution in [0.5, 0.6) is 0 Å². The van der Waals surface area contributed by atoms with Crippen molar-refractivity contribution in [3.05, 3.63) is 48.7 Å². The van der Waals surface area contributed by atoms with Gasteiger partial charge in [0.15, 0.2) is 0 Å². The van der Waals surface area contributed by atoms with E-state index in [9.17, 15) is 0 Å². The molecule has 1 unspecified atom stereocenters. The minimum absolute atomic E-state index is 1.01. The average molecular weight is 331 g/mol. The van der Waals surface area contributed by atoms with E-state index in [-0.39, 0.29) is 0 Å². The van der Waals surface area contributed by atoms with Gasteiger partial charge in [-0.05, 0) is 26.3 Å². The molecule has 0 spiro atoms. The van der Waals surface area contributed by atoms with Crippen LogP contribution in [0.3, 0.4) is 0 Å². The molecule has 0 aromatic heterocycles. The Hall–Kier alpha value is -1.08. The van der Waals surface area contributed by atoms with Crippen molar-refractivity contribution in [3.8, 4) is 0 Å². The van der Waals surface area contributed by atoms with E-state index in [1.165, 1.54) is 76.3 Å². The molecule has 136 valence electrons. The normalized spacial score (nSPS) is 13.6. The summed E-state index contributed by atoms with van der Waals surface area (Å²) in [6, 6.07) is 10.9. The van der Waals surface area contributed by atoms with E-state index in [0.717, 1.165) is 17.6 Å². The average Bonchev–Trinajstić information content (AvgIpc) is 2.63. The summed E-state index contributed by atoms with van der Waals surface area (Å²) in [6.45, 7) is 12.2. The molecule has 24 heavy (non-hydrogen) atoms. The summed E-state index contributed by atoms with van der Waals surface area (Å²) in [5, 5.41) is 0. The molecular weight excluding hydrogens is 290 g/mol. The number of hydrogen-bond donors (Lipinski definition) is 0. The van der Waals surface area contributed by atoms with Crippen LogP contribution in [0.1, 0.15) is 83.6 Å². The van der Waals surface area contributed by atoms with Crippen LogP contribution in [0, 0.1) is 0 Å². The summed E-state index contributed by atoms with van der Waals surface area (Å²) in [5.41, 5.74) is 1.42. The van der Waals surface area contributed by atoms with Crippen molar-refractivity contribution in [1.29, 1.82) is 0 Å². The highest BCUT2D eigenvalue weighted by molar-refractivity contribution is 5.13. The molecule has 0 aliphatic carbocycles. The van der Waals surface area contributed by atoms with Crippen molar-refractivity contribution in [3.63, 3.8) is 0 Å². The minimum Gasteiger partial charge on any atom is -0.294 e. The highest BCUT2D eigenvalue weighted by Gasteiger charge is 2.21. The first-order valence-electron chi connectivity index (χ1n) is 10.3. The molecule has 0 amide bonds. The van der Waals surface area contributed by atoms with E-state index in [0.29, 0.717) is 0 Å². The Kier molecular flexibility index (Phi) is 11.6. The molecule has 0 saturated heterocycles. The van der Waals surface area contributed by atoms with Gasteiger partial charge in [0, 0.05) is 5.56 Å². The van der Waals surface area contributed by atoms with E-state index in [1.807, 2.05) is 0 Å². The van der Waals surface area contributed by atoms with Gasteiger partial charge >= 0.3 is 0 Å². The summed E-state index contributed by atoms with van der Waals surface area (Å²) >= 11 is 0. The highest BCUT2D eigenvalue weighted by atomic mass is 15.3. The first kappa shape index (κ1) is 21.0. The zero-order valence-corrected chi connectivity index (χ0v) is 16.3. The Morgan fingerprint density at radius 2 is 1.33 bits per heavy atom. The van der Waals surface area contributed by atoms with Gasteiger partial charge in [0.1, 0.15) is 6.54 Å². The summed E-state index contributed by atoms with van der Waals surface area (Å²) in [5.74, 6) is 0. The van der Waals surface area contributed by atoms with Crippen molar-refractivity contribution < 1.29 is 4.48 Å². The maximum atomic E-state index is 4.14. The smallest absolute Gasteiger partial charge is 0.109 e. The first-order chi connectivity index (χ1) is 11.8. The third kappa shape index (κ3) is 8.68. The van der Waals surface area contributed by atoms with Gasteiger partial charge in [0.25, 0.3) is 0 Å². The van der Waals surface area contributed by atoms with Gasteiger partial charge in [0.2, 0.25) is 0 Å². The van der Waals surface area contributed by atoms with Crippen LogP contribution >= 0.6 is 0 Å². The number of rotatable bonds is 15. The van der Waals surface area contributed by atoms with Gasteiger partial charge in [-0.25, -0.2) is 0 Å². The lowest BCUT2D eigenvalue weighted by Crippen LogP contribution is -2.42. The van der Waals surface area contributed by atoms with Crippen LogP contribution in [0.2, 0.25) is 0 Å². The van der Waals surface area contributed by atoms with Crippen molar-refractivity contribution in [2.75, 3.05) is 13.1 Å². The van der Waals surface area contributed by atoms with Gasteiger partial charge in [-0.2, -0.15) is 0 Å². The minimum atomic E-state index is 1.01. The molecule has 0 N–H and O–H groups in total. The number of hydrogen-bond acceptors (Lipinski definition) is 0. The molecule has 0 heterocycles. The van der Waals surface area contributed by atoms with Gasteiger partial charge in [-0.15, -0.1) is 0 Å². The van der Waals surface area contributed by atoms with Crippen molar-refractivity contribution in [2.45, 2.75) is 84.6 Å². The van der Waals surface area contributed by atoms with E-state index in [1.54, 1.807) is 0 Å². The Morgan fingerprint density at radius 3 is 1.83 bits per heavy atom. The van der Waals surface area contributed by atoms with E-state index >= 15 is 0 Å². The molecule has 1 nitrogen and oxygen atoms in total. The lowest BCUT2D eigenvalue weighted by Gasteiger charge is -2.34. The molecular formula is C23H40N+. The number of unbranched alkanes of at least 4 members (excludes halogenated alkanes) is 9. The lowest BCUT2D eigenvalue weighted by molar-refractivity contribution is -0.891. The summed E-state index contributed by atoms with van der Waals surface area (Å²) in [4.78, 5) is 0. The van der Waals surface area contributed by atoms with Crippen LogP contribution in [0.15, 0.2) is 43.1 Å². The quantitative estimate of drug-likeness (QED) is 0.238. The van der Waals surface area contributed by atoms with Gasteiger partial charge in [-0.1, -0.05) is 88.6 Å². The fourth-order valence-corrected chi connectivity index (χ4v) is 3.50. The highest BCUT2D eigenvalue weighted by Crippen LogP contribution is 2.18. The van der Waals surface area contributed by atoms with Crippen molar-refractivity contribution in [1.82, 2.24) is 0 Å². The summed E-state index contributed by atoms with van der Waals surface area (Å²) < 4.78 is 1.01. The second-order valence-electron chi connectivity index (χ2n) is 7.27. The third-order valence-electron chi connectivity index (χ3n) is 5.31. The topological polar surface area (TPSA) is 0 Å². The summed E-state index contributed by atoms with van der Waals surface area (Å²) in [7, 11) is 0. The molecule has 1 aromatic carbocycles. The molecule has 1 heteroatoms. The Bertz CT molecular complexity index is 411. The van der Waals surface area contributed by atoms with Crippen LogP contribution in [-0.4, -0.2) is 17.6 Å². The molecule has 0 aliphatic rings. The van der Waals surface area contributed by atoms with Crippen molar-refractivity contribution in [2.24, 2.45) is 0 Å². The summed E-state index contributed by atoms with van der Waals surface area (Å²) in [6.07, 6.45) is 16.2. The Morgan fingerprint density at radius 1 is 0.792 bits per heavy atom. The number of quaternary nitrogens is 1. The standard InChI is InChI=1S/C23H40N/c1-4-7-8-9-10-11-12-13-14-18-21-24(5-2,6-3)22-23-19-16-15-17-20-23/h5,15-17,19-20H,2,4,6-14,18,21-22H2,1,3H3/q+1. The first-order valence-corrected chi connectivity index (χ1v) is 10.3. The van der Waals surface area contributed by atoms with Gasteiger partial charge < -0.3 is 0 Å². The second-order valence-corrected chi connectivity index (χ2v) is 7.27. The molecule has 0 bridgehead atoms. The van der Waals surface area contributed by atoms with E-state index in [4.69, 9.17) is 0 Å². The monoisotopic (exact) mass is 330 g/mol. The Balaban J connectivity index is 2.19. The van der Waals surface area contributed by atoms with Crippen molar-refractivity contribution >= 4 is 0 Å². The zero-order valence-electron chi connectivity index (χ0n) is 16.3. The van der Waals surface area contributed by atoms with E-state index in [2.05, 4.69) is 57.0 Å². The SMILES string of the molecule is C=C[N+](CC)(CCCCCCCCCCCC)Cc1ccccc1. The fourth-order valence-electron chi connectivity index (χ4n) is 3.50. The van der Waals surface area contributed by atoms with Crippen LogP contribution in [-0.2, 0) is 6.54 Å². The zero-order chi connectivity index (χ0) is 17.5. The number of benzene rings is 1. The maximum Gasteiger partial charge on any atom is 0.109 e. The van der Waals surface area contributed by atoms with E-state index < -0.39 is 0 Å². The van der Waals surface area contributed by atoms with Crippen LogP contribution in [0.4, 0.5) is 0 Å². The van der Waals surface area contributed by atoms with Crippen LogP contribution in [0.25, 0.3) is 0 Å². The maximum absolute atomic E-state index is 4.14.